The smallest absolute Gasteiger partial charge is 0.342 e. The van der Waals surface area contributed by atoms with Crippen molar-refractivity contribution in [3.8, 4) is 5.75 Å². The number of phenols is 1. The van der Waals surface area contributed by atoms with Crippen LogP contribution >= 0.6 is 0 Å². The zero-order valence-corrected chi connectivity index (χ0v) is 16.2. The van der Waals surface area contributed by atoms with E-state index in [0.29, 0.717) is 13.2 Å². The molecule has 29 heavy (non-hydrogen) atoms. The molecule has 1 aliphatic heterocycles. The molecule has 3 rings (SSSR count). The minimum Gasteiger partial charge on any atom is -0.507 e. The molecule has 2 N–H and O–H groups in total. The fourth-order valence-corrected chi connectivity index (χ4v) is 4.18. The molecule has 0 radical (unpaired) electrons. The fraction of sp³-hybridized carbons (Fsp3) is 0.263. The van der Waals surface area contributed by atoms with Crippen molar-refractivity contribution < 1.29 is 32.6 Å². The Bertz CT molecular complexity index is 1000. The summed E-state index contributed by atoms with van der Waals surface area (Å²) in [4.78, 5) is 24.0. The summed E-state index contributed by atoms with van der Waals surface area (Å²) in [5.74, 6) is -1.74. The SMILES string of the molecule is O=C(COC(=O)c1ccccc1O)Nc1cccc(S(=O)(=O)N2CCOCC2)c1. The second kappa shape index (κ2) is 9.03. The standard InChI is InChI=1S/C19H20N2O7S/c22-17-7-2-1-6-16(17)19(24)28-13-18(23)20-14-4-3-5-15(12-14)29(25,26)21-8-10-27-11-9-21/h1-7,12,22H,8-11,13H2,(H,20,23). The minimum absolute atomic E-state index is 0.0448. The van der Waals surface area contributed by atoms with Gasteiger partial charge in [0.1, 0.15) is 11.3 Å². The Morgan fingerprint density at radius 1 is 1.10 bits per heavy atom. The van der Waals surface area contributed by atoms with Crippen molar-refractivity contribution in [1.82, 2.24) is 4.31 Å². The lowest BCUT2D eigenvalue weighted by Gasteiger charge is -2.26. The highest BCUT2D eigenvalue weighted by Crippen LogP contribution is 2.21. The molecular formula is C19H20N2O7S. The number of esters is 1. The number of carbonyl (C=O) groups is 2. The van der Waals surface area contributed by atoms with Gasteiger partial charge in [0, 0.05) is 18.8 Å². The van der Waals surface area contributed by atoms with Gasteiger partial charge in [-0.2, -0.15) is 4.31 Å². The summed E-state index contributed by atoms with van der Waals surface area (Å²) in [7, 11) is -3.70. The zero-order valence-electron chi connectivity index (χ0n) is 15.4. The Kier molecular flexibility index (Phi) is 6.47. The molecule has 0 atom stereocenters. The molecule has 0 aromatic heterocycles. The van der Waals surface area contributed by atoms with E-state index < -0.39 is 28.5 Å². The quantitative estimate of drug-likeness (QED) is 0.674. The number of hydrogen-bond donors (Lipinski definition) is 2. The Morgan fingerprint density at radius 3 is 2.55 bits per heavy atom. The first kappa shape index (κ1) is 20.8. The first-order chi connectivity index (χ1) is 13.9. The molecule has 154 valence electrons. The largest absolute Gasteiger partial charge is 0.507 e. The number of carbonyl (C=O) groups excluding carboxylic acids is 2. The van der Waals surface area contributed by atoms with E-state index >= 15 is 0 Å². The van der Waals surface area contributed by atoms with Crippen LogP contribution in [0, 0.1) is 0 Å². The number of sulfonamides is 1. The van der Waals surface area contributed by atoms with Crippen molar-refractivity contribution in [2.45, 2.75) is 4.90 Å². The van der Waals surface area contributed by atoms with Crippen LogP contribution in [0.4, 0.5) is 5.69 Å². The Morgan fingerprint density at radius 2 is 1.83 bits per heavy atom. The van der Waals surface area contributed by atoms with Gasteiger partial charge >= 0.3 is 5.97 Å². The maximum atomic E-state index is 12.7. The normalized spacial score (nSPS) is 14.9. The van der Waals surface area contributed by atoms with Crippen LogP contribution in [0.25, 0.3) is 0 Å². The van der Waals surface area contributed by atoms with Gasteiger partial charge < -0.3 is 19.9 Å². The van der Waals surface area contributed by atoms with Crippen LogP contribution in [0.3, 0.4) is 0 Å². The number of aromatic hydroxyl groups is 1. The number of para-hydroxylation sites is 1. The number of anilines is 1. The topological polar surface area (TPSA) is 122 Å². The van der Waals surface area contributed by atoms with Crippen LogP contribution in [0.1, 0.15) is 10.4 Å². The summed E-state index contributed by atoms with van der Waals surface area (Å²) in [6.45, 7) is 0.603. The van der Waals surface area contributed by atoms with E-state index in [4.69, 9.17) is 9.47 Å². The van der Waals surface area contributed by atoms with Gasteiger partial charge in [-0.1, -0.05) is 18.2 Å². The van der Waals surface area contributed by atoms with Crippen LogP contribution in [0.2, 0.25) is 0 Å². The van der Waals surface area contributed by atoms with Crippen molar-refractivity contribution in [3.63, 3.8) is 0 Å². The molecule has 1 amide bonds. The summed E-state index contributed by atoms with van der Waals surface area (Å²) < 4.78 is 36.8. The average molecular weight is 420 g/mol. The molecule has 9 nitrogen and oxygen atoms in total. The van der Waals surface area contributed by atoms with E-state index in [1.165, 1.54) is 40.7 Å². The third kappa shape index (κ3) is 5.11. The van der Waals surface area contributed by atoms with Crippen LogP contribution in [-0.4, -0.2) is 62.6 Å². The van der Waals surface area contributed by atoms with Gasteiger partial charge in [0.25, 0.3) is 5.91 Å². The van der Waals surface area contributed by atoms with E-state index in [-0.39, 0.29) is 35.0 Å². The molecule has 0 saturated carbocycles. The second-order valence-electron chi connectivity index (χ2n) is 6.19. The molecule has 1 aliphatic rings. The van der Waals surface area contributed by atoms with Gasteiger partial charge in [0.05, 0.1) is 18.1 Å². The van der Waals surface area contributed by atoms with Crippen LogP contribution in [-0.2, 0) is 24.3 Å². The Labute approximate surface area is 167 Å². The Hall–Kier alpha value is -2.95. The van der Waals surface area contributed by atoms with E-state index in [9.17, 15) is 23.1 Å². The molecule has 0 bridgehead atoms. The van der Waals surface area contributed by atoms with Crippen molar-refractivity contribution in [3.05, 3.63) is 54.1 Å². The summed E-state index contributed by atoms with van der Waals surface area (Å²) >= 11 is 0. The summed E-state index contributed by atoms with van der Waals surface area (Å²) in [5.41, 5.74) is 0.196. The number of nitrogens with zero attached hydrogens (tertiary/aromatic N) is 1. The molecule has 2 aromatic carbocycles. The number of rotatable bonds is 6. The average Bonchev–Trinajstić information content (AvgIpc) is 2.73. The van der Waals surface area contributed by atoms with Gasteiger partial charge in [0.15, 0.2) is 6.61 Å². The molecular weight excluding hydrogens is 400 g/mol. The molecule has 10 heteroatoms. The zero-order chi connectivity index (χ0) is 20.9. The third-order valence-electron chi connectivity index (χ3n) is 4.18. The van der Waals surface area contributed by atoms with Gasteiger partial charge in [-0.3, -0.25) is 4.79 Å². The lowest BCUT2D eigenvalue weighted by atomic mass is 10.2. The number of amides is 1. The van der Waals surface area contributed by atoms with E-state index in [1.807, 2.05) is 0 Å². The van der Waals surface area contributed by atoms with E-state index in [0.717, 1.165) is 0 Å². The molecule has 1 saturated heterocycles. The summed E-state index contributed by atoms with van der Waals surface area (Å²) in [5, 5.41) is 12.1. The highest BCUT2D eigenvalue weighted by molar-refractivity contribution is 7.89. The number of phenolic OH excluding ortho intramolecular Hbond substituents is 1. The molecule has 1 fully saturated rings. The predicted octanol–water partition coefficient (Wildman–Crippen LogP) is 1.21. The summed E-state index contributed by atoms with van der Waals surface area (Å²) in [6.07, 6.45) is 0. The molecule has 1 heterocycles. The van der Waals surface area contributed by atoms with Crippen LogP contribution in [0.15, 0.2) is 53.4 Å². The van der Waals surface area contributed by atoms with E-state index in [1.54, 1.807) is 12.1 Å². The van der Waals surface area contributed by atoms with Gasteiger partial charge in [-0.25, -0.2) is 13.2 Å². The predicted molar refractivity (Wildman–Crippen MR) is 103 cm³/mol. The maximum Gasteiger partial charge on any atom is 0.342 e. The highest BCUT2D eigenvalue weighted by atomic mass is 32.2. The highest BCUT2D eigenvalue weighted by Gasteiger charge is 2.26. The third-order valence-corrected chi connectivity index (χ3v) is 6.08. The first-order valence-corrected chi connectivity index (χ1v) is 10.2. The van der Waals surface area contributed by atoms with Crippen molar-refractivity contribution in [2.24, 2.45) is 0 Å². The summed E-state index contributed by atoms with van der Waals surface area (Å²) in [6, 6.07) is 11.6. The van der Waals surface area contributed by atoms with Crippen molar-refractivity contribution in [1.29, 1.82) is 0 Å². The molecule has 2 aromatic rings. The first-order valence-electron chi connectivity index (χ1n) is 8.81. The van der Waals surface area contributed by atoms with E-state index in [2.05, 4.69) is 5.32 Å². The Balaban J connectivity index is 1.62. The molecule has 0 unspecified atom stereocenters. The number of nitrogens with one attached hydrogen (secondary N) is 1. The number of hydrogen-bond acceptors (Lipinski definition) is 7. The van der Waals surface area contributed by atoms with Crippen LogP contribution < -0.4 is 5.32 Å². The second-order valence-corrected chi connectivity index (χ2v) is 8.12. The van der Waals surface area contributed by atoms with Gasteiger partial charge in [0.2, 0.25) is 10.0 Å². The molecule has 0 aliphatic carbocycles. The number of benzene rings is 2. The van der Waals surface area contributed by atoms with Gasteiger partial charge in [-0.15, -0.1) is 0 Å². The number of ether oxygens (including phenoxy) is 2. The maximum absolute atomic E-state index is 12.7. The van der Waals surface area contributed by atoms with Gasteiger partial charge in [-0.05, 0) is 30.3 Å². The fourth-order valence-electron chi connectivity index (χ4n) is 2.72. The van der Waals surface area contributed by atoms with Crippen LogP contribution in [0.5, 0.6) is 5.75 Å². The number of morpholine rings is 1. The van der Waals surface area contributed by atoms with Crippen molar-refractivity contribution >= 4 is 27.6 Å². The van der Waals surface area contributed by atoms with Crippen molar-refractivity contribution in [2.75, 3.05) is 38.2 Å². The molecule has 0 spiro atoms. The lowest BCUT2D eigenvalue weighted by molar-refractivity contribution is -0.119. The minimum atomic E-state index is -3.70. The lowest BCUT2D eigenvalue weighted by Crippen LogP contribution is -2.40. The monoisotopic (exact) mass is 420 g/mol.